The quantitative estimate of drug-likeness (QED) is 0.586. The molecule has 0 spiro atoms. The second-order valence-electron chi connectivity index (χ2n) is 7.54. The number of nitrogens with zero attached hydrogens (tertiary/aromatic N) is 5. The van der Waals surface area contributed by atoms with Gasteiger partial charge in [-0.25, -0.2) is 9.98 Å². The van der Waals surface area contributed by atoms with Gasteiger partial charge < -0.3 is 25.4 Å². The van der Waals surface area contributed by atoms with Crippen LogP contribution < -0.4 is 20.7 Å². The van der Waals surface area contributed by atoms with E-state index >= 15 is 0 Å². The van der Waals surface area contributed by atoms with Crippen molar-refractivity contribution in [3.8, 4) is 5.75 Å². The third-order valence-electron chi connectivity index (χ3n) is 4.38. The van der Waals surface area contributed by atoms with Gasteiger partial charge in [-0.15, -0.1) is 0 Å². The van der Waals surface area contributed by atoms with Gasteiger partial charge in [-0.2, -0.15) is 4.98 Å². The average molecular weight is 392 g/mol. The minimum Gasteiger partial charge on any atom is -0.486 e. The van der Waals surface area contributed by atoms with Crippen LogP contribution in [0.15, 0.2) is 9.98 Å². The van der Waals surface area contributed by atoms with Gasteiger partial charge in [0.25, 0.3) is 5.95 Å². The second-order valence-corrected chi connectivity index (χ2v) is 7.54. The highest BCUT2D eigenvalue weighted by atomic mass is 16.5. The van der Waals surface area contributed by atoms with Gasteiger partial charge in [-0.1, -0.05) is 34.6 Å². The third-order valence-corrected chi connectivity index (χ3v) is 4.38. The number of fused-ring (bicyclic) bond motifs is 3. The number of aromatic nitrogens is 2. The third kappa shape index (κ3) is 4.70. The Morgan fingerprint density at radius 1 is 1.25 bits per heavy atom. The first-order chi connectivity index (χ1) is 13.3. The van der Waals surface area contributed by atoms with E-state index in [4.69, 9.17) is 15.2 Å². The molecule has 0 radical (unpaired) electrons. The molecule has 2 aliphatic heterocycles. The fourth-order valence-electron chi connectivity index (χ4n) is 3.11. The molecule has 28 heavy (non-hydrogen) atoms. The highest BCUT2D eigenvalue weighted by Gasteiger charge is 2.39. The van der Waals surface area contributed by atoms with Crippen LogP contribution in [0.1, 0.15) is 47.2 Å². The minimum atomic E-state index is -0.211. The zero-order valence-electron chi connectivity index (χ0n) is 18.0. The highest BCUT2D eigenvalue weighted by molar-refractivity contribution is 5.89. The summed E-state index contributed by atoms with van der Waals surface area (Å²) in [6.07, 6.45) is 1.44. The predicted molar refractivity (Wildman–Crippen MR) is 113 cm³/mol. The molecule has 1 aromatic rings. The Balaban J connectivity index is 0.00000136. The molecule has 156 valence electrons. The maximum atomic E-state index is 6.06. The van der Waals surface area contributed by atoms with Gasteiger partial charge in [0.15, 0.2) is 17.5 Å². The summed E-state index contributed by atoms with van der Waals surface area (Å²) < 4.78 is 11.7. The van der Waals surface area contributed by atoms with E-state index < -0.39 is 0 Å². The number of hydrogen-bond acceptors (Lipinski definition) is 7. The Hall–Kier alpha value is -2.42. The molecule has 9 heteroatoms. The van der Waals surface area contributed by atoms with Crippen LogP contribution in [-0.4, -0.2) is 61.2 Å². The largest absolute Gasteiger partial charge is 0.486 e. The number of nitrogens with two attached hydrogens (primary N) is 1. The lowest BCUT2D eigenvalue weighted by atomic mass is 9.90. The molecule has 9 nitrogen and oxygen atoms in total. The summed E-state index contributed by atoms with van der Waals surface area (Å²) in [5.74, 6) is 2.14. The standard InChI is InChI=1S/C17H27N7O2.C2H6/c1-10-6-25-7-11-8-26-12-13(17(2,3)4)22-16(23-14(12)24(10)11)21-9-20-15(18)19-5;1-2/h9-11H,6-8H2,1-5H3,(H3,18,19,20,21,22,23);1-2H3/t10-,11+;/m1./s1. The molecule has 0 aromatic carbocycles. The molecule has 0 saturated carbocycles. The summed E-state index contributed by atoms with van der Waals surface area (Å²) in [6.45, 7) is 14.3. The SMILES string of the molecule is CC.CN=C(N)N/C=N/c1nc2c(c(C(C)(C)C)n1)OC[C@@H]1COC[C@@H](C)N21. The maximum Gasteiger partial charge on any atom is 0.253 e. The van der Waals surface area contributed by atoms with Crippen molar-refractivity contribution < 1.29 is 9.47 Å². The molecule has 2 atom stereocenters. The Morgan fingerprint density at radius 3 is 2.61 bits per heavy atom. The molecule has 2 aliphatic rings. The lowest BCUT2D eigenvalue weighted by molar-refractivity contribution is 0.0481. The summed E-state index contributed by atoms with van der Waals surface area (Å²) in [4.78, 5) is 19.7. The number of aliphatic imine (C=N–C) groups is 2. The van der Waals surface area contributed by atoms with Gasteiger partial charge in [0.1, 0.15) is 6.61 Å². The van der Waals surface area contributed by atoms with E-state index in [9.17, 15) is 0 Å². The molecule has 3 rings (SSSR count). The second kappa shape index (κ2) is 9.18. The molecule has 3 heterocycles. The van der Waals surface area contributed by atoms with Crippen molar-refractivity contribution in [1.82, 2.24) is 15.3 Å². The van der Waals surface area contributed by atoms with Gasteiger partial charge >= 0.3 is 0 Å². The van der Waals surface area contributed by atoms with E-state index in [1.807, 2.05) is 13.8 Å². The number of guanidine groups is 1. The number of anilines is 1. The lowest BCUT2D eigenvalue weighted by Crippen LogP contribution is -2.56. The van der Waals surface area contributed by atoms with Crippen molar-refractivity contribution in [3.05, 3.63) is 5.69 Å². The molecular weight excluding hydrogens is 358 g/mol. The van der Waals surface area contributed by atoms with Gasteiger partial charge in [0.2, 0.25) is 0 Å². The van der Waals surface area contributed by atoms with Crippen molar-refractivity contribution in [2.45, 2.75) is 59.0 Å². The fraction of sp³-hybridized carbons (Fsp3) is 0.684. The van der Waals surface area contributed by atoms with E-state index in [0.717, 1.165) is 17.3 Å². The Kier molecular flexibility index (Phi) is 7.17. The number of ether oxygens (including phenoxy) is 2. The summed E-state index contributed by atoms with van der Waals surface area (Å²) >= 11 is 0. The van der Waals surface area contributed by atoms with Gasteiger partial charge in [0.05, 0.1) is 37.3 Å². The summed E-state index contributed by atoms with van der Waals surface area (Å²) in [5.41, 5.74) is 6.24. The number of rotatable bonds is 2. The van der Waals surface area contributed by atoms with Crippen molar-refractivity contribution in [2.24, 2.45) is 15.7 Å². The first kappa shape index (κ1) is 21.9. The number of hydrogen-bond donors (Lipinski definition) is 2. The van der Waals surface area contributed by atoms with Gasteiger partial charge in [-0.05, 0) is 6.92 Å². The van der Waals surface area contributed by atoms with E-state index in [-0.39, 0.29) is 23.5 Å². The Labute approximate surface area is 167 Å². The molecule has 3 N–H and O–H groups in total. The minimum absolute atomic E-state index is 0.145. The predicted octanol–water partition coefficient (Wildman–Crippen LogP) is 1.98. The topological polar surface area (TPSA) is 110 Å². The normalized spacial score (nSPS) is 22.0. The first-order valence-corrected chi connectivity index (χ1v) is 9.74. The molecule has 1 saturated heterocycles. The smallest absolute Gasteiger partial charge is 0.253 e. The maximum absolute atomic E-state index is 6.06. The van der Waals surface area contributed by atoms with Crippen molar-refractivity contribution >= 4 is 24.1 Å². The summed E-state index contributed by atoms with van der Waals surface area (Å²) in [6, 6.07) is 0.351. The average Bonchev–Trinajstić information content (AvgIpc) is 2.68. The molecule has 0 amide bonds. The molecule has 1 fully saturated rings. The Bertz CT molecular complexity index is 728. The van der Waals surface area contributed by atoms with Crippen LogP contribution in [0.5, 0.6) is 5.75 Å². The first-order valence-electron chi connectivity index (χ1n) is 9.74. The van der Waals surface area contributed by atoms with Gasteiger partial charge in [0, 0.05) is 12.5 Å². The van der Waals surface area contributed by atoms with E-state index in [1.54, 1.807) is 7.05 Å². The van der Waals surface area contributed by atoms with E-state index in [2.05, 4.69) is 57.9 Å². The van der Waals surface area contributed by atoms with Crippen LogP contribution in [0.4, 0.5) is 11.8 Å². The lowest BCUT2D eigenvalue weighted by Gasteiger charge is -2.45. The van der Waals surface area contributed by atoms with E-state index in [1.165, 1.54) is 6.34 Å². The molecular formula is C19H33N7O2. The number of nitrogens with one attached hydrogen (secondary N) is 1. The molecule has 0 aliphatic carbocycles. The summed E-state index contributed by atoms with van der Waals surface area (Å²) in [7, 11) is 1.60. The van der Waals surface area contributed by atoms with Crippen LogP contribution in [-0.2, 0) is 10.2 Å². The monoisotopic (exact) mass is 391 g/mol. The molecule has 0 unspecified atom stereocenters. The summed E-state index contributed by atoms with van der Waals surface area (Å²) in [5, 5.41) is 2.78. The van der Waals surface area contributed by atoms with Crippen molar-refractivity contribution in [1.29, 1.82) is 0 Å². The van der Waals surface area contributed by atoms with Crippen molar-refractivity contribution in [2.75, 3.05) is 31.8 Å². The zero-order chi connectivity index (χ0) is 20.9. The van der Waals surface area contributed by atoms with Crippen molar-refractivity contribution in [3.63, 3.8) is 0 Å². The van der Waals surface area contributed by atoms with Crippen LogP contribution in [0.2, 0.25) is 0 Å². The van der Waals surface area contributed by atoms with Crippen LogP contribution in [0.25, 0.3) is 0 Å². The number of morpholine rings is 1. The zero-order valence-corrected chi connectivity index (χ0v) is 18.0. The van der Waals surface area contributed by atoms with Gasteiger partial charge in [-0.3, -0.25) is 4.99 Å². The van der Waals surface area contributed by atoms with Crippen LogP contribution in [0.3, 0.4) is 0 Å². The fourth-order valence-corrected chi connectivity index (χ4v) is 3.11. The molecule has 0 bridgehead atoms. The molecule has 1 aromatic heterocycles. The van der Waals surface area contributed by atoms with Crippen LogP contribution in [0, 0.1) is 0 Å². The highest BCUT2D eigenvalue weighted by Crippen LogP contribution is 2.42. The van der Waals surface area contributed by atoms with Crippen LogP contribution >= 0.6 is 0 Å². The van der Waals surface area contributed by atoms with E-state index in [0.29, 0.717) is 25.8 Å². The Morgan fingerprint density at radius 2 is 1.96 bits per heavy atom.